The molecule has 2 aliphatic rings. The quantitative estimate of drug-likeness (QED) is 0.703. The van der Waals surface area contributed by atoms with E-state index in [-0.39, 0.29) is 11.8 Å². The van der Waals surface area contributed by atoms with Gasteiger partial charge in [-0.15, -0.1) is 11.6 Å². The summed E-state index contributed by atoms with van der Waals surface area (Å²) in [5, 5.41) is 0. The Morgan fingerprint density at radius 1 is 1.38 bits per heavy atom. The minimum Gasteiger partial charge on any atom is -0.337 e. The summed E-state index contributed by atoms with van der Waals surface area (Å²) >= 11 is 5.67. The van der Waals surface area contributed by atoms with Crippen LogP contribution in [0.4, 0.5) is 0 Å². The molecule has 0 aromatic heterocycles. The number of hydrogen-bond donors (Lipinski definition) is 0. The molecule has 1 heterocycles. The van der Waals surface area contributed by atoms with E-state index in [1.165, 1.54) is 32.1 Å². The van der Waals surface area contributed by atoms with Gasteiger partial charge in [-0.1, -0.05) is 6.42 Å². The Morgan fingerprint density at radius 2 is 2.12 bits per heavy atom. The van der Waals surface area contributed by atoms with Crippen LogP contribution in [0, 0.1) is 0 Å². The molecule has 1 aliphatic heterocycles. The highest BCUT2D eigenvalue weighted by molar-refractivity contribution is 6.27. The highest BCUT2D eigenvalue weighted by atomic mass is 35.5. The van der Waals surface area contributed by atoms with Gasteiger partial charge in [0.1, 0.15) is 5.88 Å². The van der Waals surface area contributed by atoms with E-state index in [2.05, 4.69) is 11.9 Å². The van der Waals surface area contributed by atoms with E-state index >= 15 is 0 Å². The first-order valence-electron chi connectivity index (χ1n) is 6.28. The van der Waals surface area contributed by atoms with Crippen LogP contribution in [0.2, 0.25) is 0 Å². The minimum atomic E-state index is 0.114. The highest BCUT2D eigenvalue weighted by Crippen LogP contribution is 2.28. The number of hydrogen-bond acceptors (Lipinski definition) is 2. The van der Waals surface area contributed by atoms with Crippen LogP contribution >= 0.6 is 11.6 Å². The van der Waals surface area contributed by atoms with Crippen molar-refractivity contribution in [3.05, 3.63) is 0 Å². The van der Waals surface area contributed by atoms with Crippen LogP contribution in [0.5, 0.6) is 0 Å². The van der Waals surface area contributed by atoms with Crippen LogP contribution in [-0.2, 0) is 4.79 Å². The van der Waals surface area contributed by atoms with Crippen molar-refractivity contribution in [2.75, 3.05) is 26.0 Å². The minimum absolute atomic E-state index is 0.114. The molecular weight excluding hydrogens is 224 g/mol. The van der Waals surface area contributed by atoms with Crippen molar-refractivity contribution in [1.29, 1.82) is 0 Å². The fraction of sp³-hybridized carbons (Fsp3) is 0.917. The number of alkyl halides is 1. The van der Waals surface area contributed by atoms with Gasteiger partial charge in [0.2, 0.25) is 5.91 Å². The molecule has 1 saturated heterocycles. The van der Waals surface area contributed by atoms with Crippen molar-refractivity contribution >= 4 is 17.5 Å². The number of rotatable bonds is 4. The van der Waals surface area contributed by atoms with Crippen molar-refractivity contribution in [3.8, 4) is 0 Å². The third-order valence-corrected chi connectivity index (χ3v) is 3.98. The molecule has 16 heavy (non-hydrogen) atoms. The fourth-order valence-electron chi connectivity index (χ4n) is 2.52. The summed E-state index contributed by atoms with van der Waals surface area (Å²) < 4.78 is 0. The van der Waals surface area contributed by atoms with Crippen molar-refractivity contribution in [1.82, 2.24) is 9.80 Å². The zero-order valence-electron chi connectivity index (χ0n) is 9.99. The summed E-state index contributed by atoms with van der Waals surface area (Å²) in [7, 11) is 2.17. The van der Waals surface area contributed by atoms with Gasteiger partial charge in [-0.05, 0) is 39.3 Å². The highest BCUT2D eigenvalue weighted by Gasteiger charge is 2.34. The molecule has 0 bridgehead atoms. The maximum Gasteiger partial charge on any atom is 0.237 e. The first kappa shape index (κ1) is 12.2. The Bertz CT molecular complexity index is 255. The molecule has 1 aliphatic carbocycles. The second-order valence-corrected chi connectivity index (χ2v) is 5.31. The number of likely N-dealkylation sites (N-methyl/N-ethyl adjacent to an activating group) is 1. The summed E-state index contributed by atoms with van der Waals surface area (Å²) in [6.45, 7) is 2.05. The van der Waals surface area contributed by atoms with Gasteiger partial charge in [-0.25, -0.2) is 0 Å². The van der Waals surface area contributed by atoms with Gasteiger partial charge in [0.25, 0.3) is 0 Å². The van der Waals surface area contributed by atoms with E-state index in [9.17, 15) is 4.79 Å². The number of halogens is 1. The Kier molecular flexibility index (Phi) is 4.09. The van der Waals surface area contributed by atoms with Crippen molar-refractivity contribution < 1.29 is 4.79 Å². The third kappa shape index (κ3) is 2.89. The second-order valence-electron chi connectivity index (χ2n) is 5.04. The summed E-state index contributed by atoms with van der Waals surface area (Å²) in [6, 6.07) is 1.03. The Hall–Kier alpha value is -0.280. The molecule has 0 spiro atoms. The van der Waals surface area contributed by atoms with Crippen LogP contribution in [0.3, 0.4) is 0 Å². The Morgan fingerprint density at radius 3 is 2.69 bits per heavy atom. The summed E-state index contributed by atoms with van der Waals surface area (Å²) in [6.07, 6.45) is 6.13. The molecule has 3 nitrogen and oxygen atoms in total. The van der Waals surface area contributed by atoms with E-state index in [0.717, 1.165) is 13.1 Å². The van der Waals surface area contributed by atoms with Crippen LogP contribution < -0.4 is 0 Å². The molecular formula is C12H21ClN2O. The van der Waals surface area contributed by atoms with Gasteiger partial charge >= 0.3 is 0 Å². The average molecular weight is 245 g/mol. The largest absolute Gasteiger partial charge is 0.337 e. The summed E-state index contributed by atoms with van der Waals surface area (Å²) in [5.41, 5.74) is 0. The third-order valence-electron chi connectivity index (χ3n) is 3.75. The Balaban J connectivity index is 1.91. The average Bonchev–Trinajstić information content (AvgIpc) is 3.11. The zero-order valence-corrected chi connectivity index (χ0v) is 10.7. The zero-order chi connectivity index (χ0) is 11.5. The van der Waals surface area contributed by atoms with E-state index in [4.69, 9.17) is 11.6 Å². The number of carbonyl (C=O) groups excluding carboxylic acids is 1. The van der Waals surface area contributed by atoms with Gasteiger partial charge in [0.05, 0.1) is 0 Å². The van der Waals surface area contributed by atoms with Crippen LogP contribution in [0.15, 0.2) is 0 Å². The first-order valence-corrected chi connectivity index (χ1v) is 6.81. The molecule has 0 radical (unpaired) electrons. The monoisotopic (exact) mass is 244 g/mol. The van der Waals surface area contributed by atoms with Gasteiger partial charge < -0.3 is 9.80 Å². The molecule has 2 fully saturated rings. The van der Waals surface area contributed by atoms with Gasteiger partial charge in [0, 0.05) is 18.6 Å². The molecule has 0 N–H and O–H groups in total. The number of amides is 1. The number of carbonyl (C=O) groups is 1. The molecule has 1 atom stereocenters. The fourth-order valence-corrected chi connectivity index (χ4v) is 2.67. The lowest BCUT2D eigenvalue weighted by Gasteiger charge is -2.36. The van der Waals surface area contributed by atoms with Crippen molar-refractivity contribution in [3.63, 3.8) is 0 Å². The Labute approximate surface area is 103 Å². The normalized spacial score (nSPS) is 26.8. The van der Waals surface area contributed by atoms with Crippen molar-refractivity contribution in [2.24, 2.45) is 0 Å². The molecule has 4 heteroatoms. The van der Waals surface area contributed by atoms with Gasteiger partial charge in [-0.3, -0.25) is 4.79 Å². The van der Waals surface area contributed by atoms with Crippen molar-refractivity contribution in [2.45, 2.75) is 44.2 Å². The lowest BCUT2D eigenvalue weighted by Crippen LogP contribution is -2.47. The molecule has 1 unspecified atom stereocenters. The lowest BCUT2D eigenvalue weighted by atomic mass is 10.0. The topological polar surface area (TPSA) is 23.6 Å². The van der Waals surface area contributed by atoms with E-state index in [1.54, 1.807) is 0 Å². The van der Waals surface area contributed by atoms with E-state index in [1.807, 2.05) is 4.90 Å². The van der Waals surface area contributed by atoms with Crippen LogP contribution in [-0.4, -0.2) is 53.8 Å². The molecule has 0 aromatic rings. The molecule has 0 aromatic carbocycles. The first-order chi connectivity index (χ1) is 7.72. The lowest BCUT2D eigenvalue weighted by molar-refractivity contribution is -0.130. The molecule has 92 valence electrons. The van der Waals surface area contributed by atoms with Crippen LogP contribution in [0.25, 0.3) is 0 Å². The molecule has 1 saturated carbocycles. The van der Waals surface area contributed by atoms with Crippen LogP contribution in [0.1, 0.15) is 32.1 Å². The summed E-state index contributed by atoms with van der Waals surface area (Å²) in [4.78, 5) is 16.2. The smallest absolute Gasteiger partial charge is 0.237 e. The second kappa shape index (κ2) is 5.37. The number of piperidine rings is 1. The SMILES string of the molecule is CN1CCCCC1CN(C(=O)CCl)C1CC1. The number of nitrogens with zero attached hydrogens (tertiary/aromatic N) is 2. The molecule has 2 rings (SSSR count). The predicted molar refractivity (Wildman–Crippen MR) is 65.7 cm³/mol. The maximum absolute atomic E-state index is 11.7. The molecule has 1 amide bonds. The maximum atomic E-state index is 11.7. The predicted octanol–water partition coefficient (Wildman–Crippen LogP) is 1.70. The van der Waals surface area contributed by atoms with Gasteiger partial charge in [-0.2, -0.15) is 0 Å². The van der Waals surface area contributed by atoms with E-state index < -0.39 is 0 Å². The van der Waals surface area contributed by atoms with E-state index in [0.29, 0.717) is 12.1 Å². The van der Waals surface area contributed by atoms with Gasteiger partial charge in [0.15, 0.2) is 0 Å². The number of likely N-dealkylation sites (tertiary alicyclic amines) is 1. The summed E-state index contributed by atoms with van der Waals surface area (Å²) in [5.74, 6) is 0.246. The standard InChI is InChI=1S/C12H21ClN2O/c1-14-7-3-2-4-11(14)9-15(10-5-6-10)12(16)8-13/h10-11H,2-9H2,1H3.